The van der Waals surface area contributed by atoms with Gasteiger partial charge in [0, 0.05) is 31.4 Å². The lowest BCUT2D eigenvalue weighted by Gasteiger charge is -2.22. The van der Waals surface area contributed by atoms with Gasteiger partial charge < -0.3 is 10.1 Å². The summed E-state index contributed by atoms with van der Waals surface area (Å²) >= 11 is 0. The number of carbonyl (C=O) groups is 3. The number of halogens is 6. The summed E-state index contributed by atoms with van der Waals surface area (Å²) in [7, 11) is 0. The second-order valence-electron chi connectivity index (χ2n) is 10.9. The SMILES string of the molecule is O=C(CCCCCCC(=O)NC1=C=C=C2C(=O)/C(=C/c3cc(C(F)(F)F)cc(C(F)(F)F)c3)CCC2=C1)NOC1CCCCO1. The summed E-state index contributed by atoms with van der Waals surface area (Å²) < 4.78 is 84.7. The fourth-order valence-corrected chi connectivity index (χ4v) is 5.03. The van der Waals surface area contributed by atoms with Crippen LogP contribution >= 0.6 is 0 Å². The fraction of sp³-hybridized carbons (Fsp3) is 0.469. The minimum Gasteiger partial charge on any atom is -0.350 e. The number of carbonyl (C=O) groups excluding carboxylic acids is 3. The predicted molar refractivity (Wildman–Crippen MR) is 149 cm³/mol. The van der Waals surface area contributed by atoms with E-state index in [2.05, 4.69) is 22.3 Å². The smallest absolute Gasteiger partial charge is 0.350 e. The number of hydroxylamine groups is 1. The molecule has 0 radical (unpaired) electrons. The highest BCUT2D eigenvalue weighted by Gasteiger charge is 2.37. The van der Waals surface area contributed by atoms with Crippen molar-refractivity contribution in [1.29, 1.82) is 0 Å². The molecule has 0 bridgehead atoms. The van der Waals surface area contributed by atoms with E-state index in [1.54, 1.807) is 6.08 Å². The normalized spacial score (nSPS) is 19.4. The largest absolute Gasteiger partial charge is 0.416 e. The molecule has 242 valence electrons. The second-order valence-corrected chi connectivity index (χ2v) is 10.9. The zero-order chi connectivity index (χ0) is 32.6. The van der Waals surface area contributed by atoms with E-state index in [0.717, 1.165) is 38.2 Å². The molecule has 45 heavy (non-hydrogen) atoms. The van der Waals surface area contributed by atoms with E-state index >= 15 is 0 Å². The third-order valence-corrected chi connectivity index (χ3v) is 7.37. The quantitative estimate of drug-likeness (QED) is 0.0895. The number of benzene rings is 1. The summed E-state index contributed by atoms with van der Waals surface area (Å²) in [5.74, 6) is -1.08. The topological polar surface area (TPSA) is 93.7 Å². The molecular formula is C32H32F6N2O5. The van der Waals surface area contributed by atoms with E-state index in [0.29, 0.717) is 49.3 Å². The van der Waals surface area contributed by atoms with Crippen molar-refractivity contribution < 1.29 is 50.3 Å². The van der Waals surface area contributed by atoms with Crippen LogP contribution in [0.3, 0.4) is 0 Å². The van der Waals surface area contributed by atoms with Crippen molar-refractivity contribution in [3.05, 3.63) is 74.8 Å². The van der Waals surface area contributed by atoms with Gasteiger partial charge >= 0.3 is 12.4 Å². The molecular weight excluding hydrogens is 606 g/mol. The van der Waals surface area contributed by atoms with E-state index in [1.807, 2.05) is 0 Å². The molecule has 7 nitrogen and oxygen atoms in total. The highest BCUT2D eigenvalue weighted by molar-refractivity contribution is 6.14. The van der Waals surface area contributed by atoms with Crippen LogP contribution in [-0.4, -0.2) is 30.5 Å². The van der Waals surface area contributed by atoms with Crippen molar-refractivity contribution in [2.75, 3.05) is 6.61 Å². The van der Waals surface area contributed by atoms with Crippen molar-refractivity contribution >= 4 is 23.7 Å². The Balaban J connectivity index is 1.27. The van der Waals surface area contributed by atoms with E-state index in [9.17, 15) is 40.7 Å². The Kier molecular flexibility index (Phi) is 11.3. The molecule has 4 rings (SSSR count). The van der Waals surface area contributed by atoms with Crippen molar-refractivity contribution in [3.8, 4) is 0 Å². The zero-order valence-corrected chi connectivity index (χ0v) is 24.3. The van der Waals surface area contributed by atoms with Crippen LogP contribution in [0.15, 0.2) is 58.2 Å². The van der Waals surface area contributed by atoms with Gasteiger partial charge in [0.25, 0.3) is 0 Å². The monoisotopic (exact) mass is 638 g/mol. The van der Waals surface area contributed by atoms with Crippen LogP contribution in [0.1, 0.15) is 87.3 Å². The van der Waals surface area contributed by atoms with Crippen LogP contribution in [-0.2, 0) is 36.3 Å². The zero-order valence-electron chi connectivity index (χ0n) is 24.3. The van der Waals surface area contributed by atoms with Gasteiger partial charge in [0.15, 0.2) is 12.1 Å². The molecule has 0 aromatic heterocycles. The van der Waals surface area contributed by atoms with Crippen LogP contribution in [0, 0.1) is 0 Å². The number of allylic oxidation sites excluding steroid dienone is 4. The number of unbranched alkanes of at least 4 members (excludes halogenated alkanes) is 3. The lowest BCUT2D eigenvalue weighted by atomic mass is 9.83. The number of hydrogen-bond acceptors (Lipinski definition) is 5. The summed E-state index contributed by atoms with van der Waals surface area (Å²) in [6, 6.07) is 1.17. The third-order valence-electron chi connectivity index (χ3n) is 7.37. The van der Waals surface area contributed by atoms with Gasteiger partial charge in [-0.2, -0.15) is 26.3 Å². The molecule has 1 saturated heterocycles. The Labute approximate surface area is 255 Å². The Morgan fingerprint density at radius 3 is 2.20 bits per heavy atom. The van der Waals surface area contributed by atoms with E-state index < -0.39 is 35.6 Å². The van der Waals surface area contributed by atoms with Crippen LogP contribution in [0.5, 0.6) is 0 Å². The summed E-state index contributed by atoms with van der Waals surface area (Å²) in [5.41, 5.74) is 5.42. The van der Waals surface area contributed by atoms with Crippen molar-refractivity contribution in [1.82, 2.24) is 10.8 Å². The van der Waals surface area contributed by atoms with Gasteiger partial charge in [-0.3, -0.25) is 14.4 Å². The molecule has 1 aliphatic heterocycles. The van der Waals surface area contributed by atoms with Crippen molar-refractivity contribution in [2.24, 2.45) is 0 Å². The lowest BCUT2D eigenvalue weighted by Crippen LogP contribution is -2.32. The van der Waals surface area contributed by atoms with Gasteiger partial charge in [-0.25, -0.2) is 10.3 Å². The van der Waals surface area contributed by atoms with Gasteiger partial charge in [0.05, 0.1) is 22.4 Å². The first-order valence-corrected chi connectivity index (χ1v) is 14.7. The first-order chi connectivity index (χ1) is 21.3. The lowest BCUT2D eigenvalue weighted by molar-refractivity contribution is -0.200. The second kappa shape index (κ2) is 14.9. The maximum absolute atomic E-state index is 13.2. The predicted octanol–water partition coefficient (Wildman–Crippen LogP) is 7.01. The van der Waals surface area contributed by atoms with Crippen LogP contribution in [0.25, 0.3) is 6.08 Å². The Morgan fingerprint density at radius 1 is 0.911 bits per heavy atom. The highest BCUT2D eigenvalue weighted by atomic mass is 19.4. The highest BCUT2D eigenvalue weighted by Crippen LogP contribution is 2.38. The van der Waals surface area contributed by atoms with Crippen LogP contribution in [0.2, 0.25) is 0 Å². The summed E-state index contributed by atoms with van der Waals surface area (Å²) in [5, 5.41) is 2.70. The summed E-state index contributed by atoms with van der Waals surface area (Å²) in [4.78, 5) is 42.5. The number of rotatable bonds is 11. The molecule has 1 aromatic rings. The van der Waals surface area contributed by atoms with Gasteiger partial charge in [-0.05, 0) is 85.7 Å². The molecule has 2 N–H and O–H groups in total. The van der Waals surface area contributed by atoms with Gasteiger partial charge in [0.2, 0.25) is 11.8 Å². The molecule has 13 heteroatoms. The van der Waals surface area contributed by atoms with Crippen LogP contribution < -0.4 is 10.8 Å². The average molecular weight is 639 g/mol. The Morgan fingerprint density at radius 2 is 1.58 bits per heavy atom. The minimum absolute atomic E-state index is 0.0325. The number of amides is 2. The summed E-state index contributed by atoms with van der Waals surface area (Å²) in [6.07, 6.45) is -1.54. The molecule has 1 aromatic carbocycles. The maximum atomic E-state index is 13.2. The number of nitrogens with one attached hydrogen (secondary N) is 2. The molecule has 2 aliphatic carbocycles. The van der Waals surface area contributed by atoms with Gasteiger partial charge in [0.1, 0.15) is 0 Å². The average Bonchev–Trinajstić information content (AvgIpc) is 2.99. The molecule has 3 aliphatic rings. The standard InChI is InChI=1S/C32H32F6N2O5/c33-31(34,35)23-16-20(17-24(19-23)32(36,37)38)15-22-11-10-21-18-25(12-13-26(21)30(22)43)39-27(41)7-3-1-2-4-8-28(42)40-45-29-9-5-6-14-44-29/h15-19,29H,1-11,14H2,(H,39,41)(H,40,42)/b22-15+. The van der Waals surface area contributed by atoms with E-state index in [4.69, 9.17) is 9.57 Å². The van der Waals surface area contributed by atoms with E-state index in [-0.39, 0.29) is 53.9 Å². The van der Waals surface area contributed by atoms with Crippen LogP contribution in [0.4, 0.5) is 26.3 Å². The van der Waals surface area contributed by atoms with Gasteiger partial charge in [-0.15, -0.1) is 0 Å². The number of ketones is 1. The number of hydrogen-bond donors (Lipinski definition) is 2. The van der Waals surface area contributed by atoms with Crippen molar-refractivity contribution in [3.63, 3.8) is 0 Å². The molecule has 1 unspecified atom stereocenters. The fourth-order valence-electron chi connectivity index (χ4n) is 5.03. The molecule has 2 fully saturated rings. The maximum Gasteiger partial charge on any atom is 0.416 e. The van der Waals surface area contributed by atoms with E-state index in [1.165, 1.54) is 0 Å². The number of fused-ring (bicyclic) bond motifs is 1. The number of Topliss-reactive ketones (excluding diaryl/α,β-unsaturated/α-hetero) is 1. The Hall–Kier alpha value is -3.89. The summed E-state index contributed by atoms with van der Waals surface area (Å²) in [6.45, 7) is 0.615. The number of alkyl halides is 6. The number of ether oxygens (including phenoxy) is 1. The van der Waals surface area contributed by atoms with Gasteiger partial charge in [-0.1, -0.05) is 18.6 Å². The molecule has 0 spiro atoms. The minimum atomic E-state index is -5.00. The molecule has 1 atom stereocenters. The Bertz CT molecular complexity index is 1440. The van der Waals surface area contributed by atoms with Crippen molar-refractivity contribution in [2.45, 2.75) is 89.3 Å². The molecule has 1 saturated carbocycles. The first kappa shape index (κ1) is 34.0. The molecule has 2 amide bonds. The first-order valence-electron chi connectivity index (χ1n) is 14.7. The third kappa shape index (κ3) is 10.1. The molecule has 1 heterocycles.